The molecule has 0 aromatic heterocycles. The first-order valence-electron chi connectivity index (χ1n) is 8.09. The molecule has 1 saturated heterocycles. The van der Waals surface area contributed by atoms with Crippen molar-refractivity contribution >= 4 is 18.3 Å². The largest absolute Gasteiger partial charge is 0.416 e. The van der Waals surface area contributed by atoms with Gasteiger partial charge < -0.3 is 10.2 Å². The first-order valence-corrected chi connectivity index (χ1v) is 8.09. The molecule has 0 spiro atoms. The second-order valence-corrected chi connectivity index (χ2v) is 5.80. The lowest BCUT2D eigenvalue weighted by atomic mass is 9.85. The molecule has 1 fully saturated rings. The van der Waals surface area contributed by atoms with Crippen molar-refractivity contribution in [3.05, 3.63) is 34.9 Å². The molecule has 136 valence electrons. The number of alkyl halides is 3. The van der Waals surface area contributed by atoms with Gasteiger partial charge in [-0.15, -0.1) is 12.4 Å². The summed E-state index contributed by atoms with van der Waals surface area (Å²) in [5, 5.41) is 3.16. The zero-order chi connectivity index (χ0) is 17.0. The smallest absolute Gasteiger partial charge is 0.339 e. The molecule has 3 nitrogen and oxygen atoms in total. The van der Waals surface area contributed by atoms with E-state index in [1.54, 1.807) is 4.90 Å². The van der Waals surface area contributed by atoms with Crippen molar-refractivity contribution in [2.24, 2.45) is 0 Å². The number of hydrogen-bond acceptors (Lipinski definition) is 2. The van der Waals surface area contributed by atoms with Crippen molar-refractivity contribution in [3.8, 4) is 0 Å². The van der Waals surface area contributed by atoms with Crippen LogP contribution in [0.4, 0.5) is 13.2 Å². The van der Waals surface area contributed by atoms with Crippen LogP contribution in [0.3, 0.4) is 0 Å². The van der Waals surface area contributed by atoms with Gasteiger partial charge in [-0.1, -0.05) is 0 Å². The van der Waals surface area contributed by atoms with Crippen LogP contribution in [0.2, 0.25) is 0 Å². The first kappa shape index (κ1) is 20.8. The van der Waals surface area contributed by atoms with Gasteiger partial charge in [0, 0.05) is 18.7 Å². The Labute approximate surface area is 147 Å². The molecule has 0 atom stereocenters. The highest BCUT2D eigenvalue weighted by Gasteiger charge is 2.36. The van der Waals surface area contributed by atoms with Gasteiger partial charge in [-0.25, -0.2) is 0 Å². The Hall–Kier alpha value is -1.27. The fraction of sp³-hybridized carbons (Fsp3) is 0.588. The summed E-state index contributed by atoms with van der Waals surface area (Å²) < 4.78 is 39.9. The lowest BCUT2D eigenvalue weighted by Gasteiger charge is -2.27. The molecule has 0 unspecified atom stereocenters. The van der Waals surface area contributed by atoms with Crippen LogP contribution in [-0.4, -0.2) is 37.0 Å². The van der Waals surface area contributed by atoms with Crippen LogP contribution in [0, 0.1) is 0 Å². The summed E-state index contributed by atoms with van der Waals surface area (Å²) >= 11 is 0. The van der Waals surface area contributed by atoms with E-state index in [9.17, 15) is 18.0 Å². The quantitative estimate of drug-likeness (QED) is 0.873. The second kappa shape index (κ2) is 8.72. The fourth-order valence-corrected chi connectivity index (χ4v) is 3.12. The maximum atomic E-state index is 13.3. The number of nitrogens with one attached hydrogen (secondary N) is 1. The molecular weight excluding hydrogens is 341 g/mol. The summed E-state index contributed by atoms with van der Waals surface area (Å²) in [5.74, 6) is -0.365. The van der Waals surface area contributed by atoms with E-state index in [1.807, 2.05) is 13.8 Å². The highest BCUT2D eigenvalue weighted by molar-refractivity contribution is 5.94. The third kappa shape index (κ3) is 4.63. The number of rotatable bonds is 4. The number of amides is 1. The molecule has 1 aromatic carbocycles. The molecule has 1 amide bonds. The van der Waals surface area contributed by atoms with E-state index < -0.39 is 11.7 Å². The van der Waals surface area contributed by atoms with Crippen molar-refractivity contribution in [2.75, 3.05) is 26.2 Å². The van der Waals surface area contributed by atoms with E-state index in [2.05, 4.69) is 5.32 Å². The standard InChI is InChI=1S/C17H23F3N2O.ClH/c1-3-22(4-2)16(23)13-5-6-15(17(18,19)20)14(11-13)12-7-9-21-10-8-12;/h5-6,11-12,21H,3-4,7-10H2,1-2H3;1H. The predicted molar refractivity (Wildman–Crippen MR) is 90.8 cm³/mol. The van der Waals surface area contributed by atoms with Crippen LogP contribution in [-0.2, 0) is 6.18 Å². The normalized spacial score (nSPS) is 15.7. The predicted octanol–water partition coefficient (Wildman–Crippen LogP) is 4.08. The Morgan fingerprint density at radius 2 is 1.79 bits per heavy atom. The monoisotopic (exact) mass is 364 g/mol. The SMILES string of the molecule is CCN(CC)C(=O)c1ccc(C(F)(F)F)c(C2CCNCC2)c1.Cl. The molecule has 0 bridgehead atoms. The molecule has 1 aliphatic rings. The van der Waals surface area contributed by atoms with Crippen LogP contribution in [0.15, 0.2) is 18.2 Å². The number of halogens is 4. The van der Waals surface area contributed by atoms with Gasteiger partial charge in [0.2, 0.25) is 0 Å². The Morgan fingerprint density at radius 1 is 1.21 bits per heavy atom. The fourth-order valence-electron chi connectivity index (χ4n) is 3.12. The molecule has 2 rings (SSSR count). The lowest BCUT2D eigenvalue weighted by Crippen LogP contribution is -2.31. The first-order chi connectivity index (χ1) is 10.9. The summed E-state index contributed by atoms with van der Waals surface area (Å²) in [5.41, 5.74) is -0.00673. The third-order valence-corrected chi connectivity index (χ3v) is 4.43. The molecule has 24 heavy (non-hydrogen) atoms. The summed E-state index contributed by atoms with van der Waals surface area (Å²) in [6.07, 6.45) is -3.07. The van der Waals surface area contributed by atoms with Crippen molar-refractivity contribution in [1.82, 2.24) is 10.2 Å². The van der Waals surface area contributed by atoms with Gasteiger partial charge in [-0.3, -0.25) is 4.79 Å². The Kier molecular flexibility index (Phi) is 7.55. The highest BCUT2D eigenvalue weighted by Crippen LogP contribution is 2.38. The van der Waals surface area contributed by atoms with E-state index in [4.69, 9.17) is 0 Å². The van der Waals surface area contributed by atoms with Gasteiger partial charge >= 0.3 is 6.18 Å². The molecule has 1 aromatic rings. The number of carbonyl (C=O) groups excluding carboxylic acids is 1. The van der Waals surface area contributed by atoms with Crippen LogP contribution in [0.1, 0.15) is 54.1 Å². The molecule has 1 heterocycles. The summed E-state index contributed by atoms with van der Waals surface area (Å²) in [6, 6.07) is 3.82. The maximum Gasteiger partial charge on any atom is 0.416 e. The number of benzene rings is 1. The molecule has 0 aliphatic carbocycles. The van der Waals surface area contributed by atoms with Gasteiger partial charge in [0.25, 0.3) is 5.91 Å². The van der Waals surface area contributed by atoms with E-state index in [1.165, 1.54) is 12.1 Å². The van der Waals surface area contributed by atoms with E-state index in [0.717, 1.165) is 6.07 Å². The van der Waals surface area contributed by atoms with Gasteiger partial charge in [0.1, 0.15) is 0 Å². The number of carbonyl (C=O) groups is 1. The van der Waals surface area contributed by atoms with E-state index in [0.29, 0.717) is 44.6 Å². The molecule has 0 saturated carbocycles. The van der Waals surface area contributed by atoms with Crippen molar-refractivity contribution in [1.29, 1.82) is 0 Å². The Morgan fingerprint density at radius 3 is 2.29 bits per heavy atom. The lowest BCUT2D eigenvalue weighted by molar-refractivity contribution is -0.138. The minimum atomic E-state index is -4.39. The van der Waals surface area contributed by atoms with E-state index >= 15 is 0 Å². The number of hydrogen-bond donors (Lipinski definition) is 1. The zero-order valence-corrected chi connectivity index (χ0v) is 14.8. The van der Waals surface area contributed by atoms with Crippen LogP contribution in [0.5, 0.6) is 0 Å². The zero-order valence-electron chi connectivity index (χ0n) is 13.9. The second-order valence-electron chi connectivity index (χ2n) is 5.80. The van der Waals surface area contributed by atoms with Crippen molar-refractivity contribution in [2.45, 2.75) is 38.8 Å². The summed E-state index contributed by atoms with van der Waals surface area (Å²) in [6.45, 7) is 6.21. The number of piperidine rings is 1. The van der Waals surface area contributed by atoms with Gasteiger partial charge in [-0.2, -0.15) is 13.2 Å². The number of nitrogens with zero attached hydrogens (tertiary/aromatic N) is 1. The highest BCUT2D eigenvalue weighted by atomic mass is 35.5. The van der Waals surface area contributed by atoms with Crippen LogP contribution in [0.25, 0.3) is 0 Å². The van der Waals surface area contributed by atoms with Crippen LogP contribution < -0.4 is 5.32 Å². The van der Waals surface area contributed by atoms with E-state index in [-0.39, 0.29) is 29.8 Å². The topological polar surface area (TPSA) is 32.3 Å². The average molecular weight is 365 g/mol. The molecular formula is C17H24ClF3N2O. The van der Waals surface area contributed by atoms with Crippen molar-refractivity contribution in [3.63, 3.8) is 0 Å². The van der Waals surface area contributed by atoms with Gasteiger partial charge in [0.15, 0.2) is 0 Å². The summed E-state index contributed by atoms with van der Waals surface area (Å²) in [4.78, 5) is 14.1. The Balaban J connectivity index is 0.00000288. The Bertz CT molecular complexity index is 553. The maximum absolute atomic E-state index is 13.3. The van der Waals surface area contributed by atoms with Crippen LogP contribution >= 0.6 is 12.4 Å². The molecule has 1 N–H and O–H groups in total. The average Bonchev–Trinajstić information content (AvgIpc) is 2.55. The van der Waals surface area contributed by atoms with Gasteiger partial charge in [0.05, 0.1) is 5.56 Å². The molecule has 0 radical (unpaired) electrons. The minimum Gasteiger partial charge on any atom is -0.339 e. The molecule has 1 aliphatic heterocycles. The molecule has 7 heteroatoms. The third-order valence-electron chi connectivity index (χ3n) is 4.43. The summed E-state index contributed by atoms with van der Waals surface area (Å²) in [7, 11) is 0. The minimum absolute atomic E-state index is 0. The van der Waals surface area contributed by atoms with Gasteiger partial charge in [-0.05, 0) is 69.5 Å². The van der Waals surface area contributed by atoms with Crippen molar-refractivity contribution < 1.29 is 18.0 Å².